The normalized spacial score (nSPS) is 8.50. The predicted molar refractivity (Wildman–Crippen MR) is 97.1 cm³/mol. The lowest BCUT2D eigenvalue weighted by Crippen LogP contribution is -2.03. The summed E-state index contributed by atoms with van der Waals surface area (Å²) in [4.78, 5) is 27.8. The maximum Gasteiger partial charge on any atom is 0.327 e. The van der Waals surface area contributed by atoms with Crippen LogP contribution in [0.3, 0.4) is 0 Å². The van der Waals surface area contributed by atoms with Gasteiger partial charge >= 0.3 is 17.9 Å². The van der Waals surface area contributed by atoms with Crippen LogP contribution in [0, 0.1) is 5.41 Å². The Morgan fingerprint density at radius 1 is 0.792 bits per heavy atom. The Bertz CT molecular complexity index is 335. The van der Waals surface area contributed by atoms with Crippen LogP contribution in [0.15, 0.2) is 38.0 Å². The molecule has 6 heteroatoms. The summed E-state index contributed by atoms with van der Waals surface area (Å²) in [7, 11) is 0. The van der Waals surface area contributed by atoms with E-state index < -0.39 is 17.9 Å². The van der Waals surface area contributed by atoms with Crippen LogP contribution in [0.2, 0.25) is 0 Å². The number of hydrogen-bond acceptors (Lipinski definition) is 3. The summed E-state index contributed by atoms with van der Waals surface area (Å²) in [5.74, 6) is -2.94. The minimum atomic E-state index is -0.981. The molecule has 0 saturated carbocycles. The monoisotopic (exact) mass is 344 g/mol. The topological polar surface area (TPSA) is 112 Å². The molecule has 0 atom stereocenters. The average molecular weight is 344 g/mol. The second-order valence-electron chi connectivity index (χ2n) is 5.64. The molecule has 0 aliphatic rings. The zero-order valence-corrected chi connectivity index (χ0v) is 15.2. The summed E-state index contributed by atoms with van der Waals surface area (Å²) in [6, 6.07) is 0. The van der Waals surface area contributed by atoms with Gasteiger partial charge in [-0.3, -0.25) is 0 Å². The van der Waals surface area contributed by atoms with E-state index in [0.717, 1.165) is 18.2 Å². The zero-order chi connectivity index (χ0) is 20.2. The standard InChI is InChI=1S/C9H20.3C3H4O2/c1-5-6-7-8-9(2,3)4;3*1-2-3(4)5/h5-8H2,1-4H3;3*2H,1H2,(H,4,5). The number of hydrogen-bond donors (Lipinski definition) is 3. The predicted octanol–water partition coefficient (Wildman–Crippen LogP) is 4.38. The Morgan fingerprint density at radius 3 is 1.17 bits per heavy atom. The molecule has 24 heavy (non-hydrogen) atoms. The number of carbonyl (C=O) groups is 3. The highest BCUT2D eigenvalue weighted by Crippen LogP contribution is 2.21. The van der Waals surface area contributed by atoms with E-state index in [1.165, 1.54) is 25.7 Å². The van der Waals surface area contributed by atoms with Gasteiger partial charge in [0, 0.05) is 18.2 Å². The summed E-state index contributed by atoms with van der Waals surface area (Å²) < 4.78 is 0. The summed E-state index contributed by atoms with van der Waals surface area (Å²) >= 11 is 0. The fraction of sp³-hybridized carbons (Fsp3) is 0.500. The second kappa shape index (κ2) is 20.6. The van der Waals surface area contributed by atoms with Crippen molar-refractivity contribution in [3.8, 4) is 0 Å². The van der Waals surface area contributed by atoms with E-state index in [9.17, 15) is 14.4 Å². The fourth-order valence-corrected chi connectivity index (χ4v) is 0.905. The van der Waals surface area contributed by atoms with Gasteiger partial charge in [-0.15, -0.1) is 0 Å². The van der Waals surface area contributed by atoms with Crippen LogP contribution >= 0.6 is 0 Å². The molecule has 0 saturated heterocycles. The smallest absolute Gasteiger partial charge is 0.327 e. The Balaban J connectivity index is -0.000000116. The molecule has 0 aliphatic heterocycles. The van der Waals surface area contributed by atoms with E-state index in [4.69, 9.17) is 15.3 Å². The molecule has 0 aliphatic carbocycles. The van der Waals surface area contributed by atoms with Crippen molar-refractivity contribution in [2.24, 2.45) is 5.41 Å². The van der Waals surface area contributed by atoms with E-state index in [1.807, 2.05) is 0 Å². The van der Waals surface area contributed by atoms with Crippen molar-refractivity contribution in [1.29, 1.82) is 0 Å². The second-order valence-corrected chi connectivity index (χ2v) is 5.64. The first kappa shape index (κ1) is 29.6. The third kappa shape index (κ3) is 73.5. The molecule has 0 unspecified atom stereocenters. The van der Waals surface area contributed by atoms with Crippen molar-refractivity contribution in [1.82, 2.24) is 0 Å². The number of rotatable bonds is 6. The molecule has 0 spiro atoms. The maximum absolute atomic E-state index is 9.25. The number of carboxylic acid groups (broad SMARTS) is 3. The van der Waals surface area contributed by atoms with Crippen molar-refractivity contribution in [2.45, 2.75) is 53.4 Å². The van der Waals surface area contributed by atoms with Gasteiger partial charge < -0.3 is 15.3 Å². The third-order valence-electron chi connectivity index (χ3n) is 2.05. The molecule has 0 fully saturated rings. The van der Waals surface area contributed by atoms with Gasteiger partial charge in [0.25, 0.3) is 0 Å². The lowest BCUT2D eigenvalue weighted by atomic mass is 9.90. The van der Waals surface area contributed by atoms with Gasteiger partial charge in [0.15, 0.2) is 0 Å². The van der Waals surface area contributed by atoms with Crippen LogP contribution < -0.4 is 0 Å². The Morgan fingerprint density at radius 2 is 1.04 bits per heavy atom. The van der Waals surface area contributed by atoms with Crippen molar-refractivity contribution in [2.75, 3.05) is 0 Å². The highest BCUT2D eigenvalue weighted by molar-refractivity contribution is 5.79. The van der Waals surface area contributed by atoms with Gasteiger partial charge in [0.1, 0.15) is 0 Å². The van der Waals surface area contributed by atoms with Crippen molar-refractivity contribution in [3.63, 3.8) is 0 Å². The van der Waals surface area contributed by atoms with Crippen LogP contribution in [0.4, 0.5) is 0 Å². The Kier molecular flexibility index (Phi) is 25.5. The SMILES string of the molecule is C=CC(=O)O.C=CC(=O)O.C=CC(=O)O.CCCCCC(C)(C)C. The van der Waals surface area contributed by atoms with Crippen LogP contribution in [0.25, 0.3) is 0 Å². The molecule has 0 rings (SSSR count). The molecule has 0 heterocycles. The van der Waals surface area contributed by atoms with E-state index in [1.54, 1.807) is 0 Å². The van der Waals surface area contributed by atoms with Gasteiger partial charge in [0.05, 0.1) is 0 Å². The first-order valence-corrected chi connectivity index (χ1v) is 7.43. The zero-order valence-electron chi connectivity index (χ0n) is 15.2. The van der Waals surface area contributed by atoms with Gasteiger partial charge in [0.2, 0.25) is 0 Å². The minimum Gasteiger partial charge on any atom is -0.478 e. The van der Waals surface area contributed by atoms with Crippen molar-refractivity contribution >= 4 is 17.9 Å². The van der Waals surface area contributed by atoms with Crippen LogP contribution in [-0.4, -0.2) is 33.2 Å². The highest BCUT2D eigenvalue weighted by atomic mass is 16.4. The fourth-order valence-electron chi connectivity index (χ4n) is 0.905. The number of carboxylic acids is 3. The summed E-state index contributed by atoms with van der Waals surface area (Å²) in [6.45, 7) is 18.1. The summed E-state index contributed by atoms with van der Waals surface area (Å²) in [5, 5.41) is 22.8. The molecular weight excluding hydrogens is 312 g/mol. The van der Waals surface area contributed by atoms with E-state index in [0.29, 0.717) is 5.41 Å². The largest absolute Gasteiger partial charge is 0.478 e. The van der Waals surface area contributed by atoms with E-state index in [-0.39, 0.29) is 0 Å². The summed E-state index contributed by atoms with van der Waals surface area (Å²) in [6.07, 6.45) is 8.02. The molecule has 6 nitrogen and oxygen atoms in total. The lowest BCUT2D eigenvalue weighted by molar-refractivity contribution is -0.132. The van der Waals surface area contributed by atoms with Crippen molar-refractivity contribution < 1.29 is 29.7 Å². The van der Waals surface area contributed by atoms with Crippen LogP contribution in [-0.2, 0) is 14.4 Å². The van der Waals surface area contributed by atoms with Gasteiger partial charge in [-0.1, -0.05) is 66.7 Å². The molecule has 0 aromatic heterocycles. The Hall–Kier alpha value is -2.37. The molecular formula is C18H32O6. The molecule has 140 valence electrons. The van der Waals surface area contributed by atoms with Gasteiger partial charge in [-0.2, -0.15) is 0 Å². The van der Waals surface area contributed by atoms with Crippen LogP contribution in [0.5, 0.6) is 0 Å². The lowest BCUT2D eigenvalue weighted by Gasteiger charge is -2.16. The van der Waals surface area contributed by atoms with E-state index >= 15 is 0 Å². The molecule has 3 N–H and O–H groups in total. The molecule has 0 aromatic rings. The average Bonchev–Trinajstić information content (AvgIpc) is 2.48. The number of aliphatic carboxylic acids is 3. The van der Waals surface area contributed by atoms with Gasteiger partial charge in [-0.05, 0) is 11.8 Å². The highest BCUT2D eigenvalue weighted by Gasteiger charge is 2.07. The van der Waals surface area contributed by atoms with Gasteiger partial charge in [-0.25, -0.2) is 14.4 Å². The van der Waals surface area contributed by atoms with E-state index in [2.05, 4.69) is 47.4 Å². The maximum atomic E-state index is 9.25. The molecule has 0 bridgehead atoms. The van der Waals surface area contributed by atoms with Crippen molar-refractivity contribution in [3.05, 3.63) is 38.0 Å². The molecule has 0 amide bonds. The first-order chi connectivity index (χ1) is 10.9. The number of unbranched alkanes of at least 4 members (excludes halogenated alkanes) is 2. The summed E-state index contributed by atoms with van der Waals surface area (Å²) in [5.41, 5.74) is 0.551. The molecule has 0 aromatic carbocycles. The minimum absolute atomic E-state index is 0.551. The Labute approximate surface area is 145 Å². The quantitative estimate of drug-likeness (QED) is 0.487. The first-order valence-electron chi connectivity index (χ1n) is 7.43. The molecule has 0 radical (unpaired) electrons. The third-order valence-corrected chi connectivity index (χ3v) is 2.05. The van der Waals surface area contributed by atoms with Crippen LogP contribution in [0.1, 0.15) is 53.4 Å².